The van der Waals surface area contributed by atoms with Crippen molar-refractivity contribution in [3.8, 4) is 5.75 Å². The molecule has 5 nitrogen and oxygen atoms in total. The first kappa shape index (κ1) is 16.3. The van der Waals surface area contributed by atoms with E-state index in [4.69, 9.17) is 4.74 Å². The van der Waals surface area contributed by atoms with Crippen LogP contribution in [0.4, 0.5) is 8.78 Å². The molecule has 0 saturated carbocycles. The quantitative estimate of drug-likeness (QED) is 0.840. The minimum absolute atomic E-state index is 0.0226. The van der Waals surface area contributed by atoms with Crippen molar-refractivity contribution in [2.75, 3.05) is 26.2 Å². The first-order valence-electron chi connectivity index (χ1n) is 8.50. The topological polar surface area (TPSA) is 54.6 Å². The number of ether oxygens (including phenoxy) is 2. The average Bonchev–Trinajstić information content (AvgIpc) is 3.04. The summed E-state index contributed by atoms with van der Waals surface area (Å²) >= 11 is 0. The van der Waals surface area contributed by atoms with Crippen LogP contribution in [0.3, 0.4) is 0 Å². The van der Waals surface area contributed by atoms with Gasteiger partial charge < -0.3 is 19.4 Å². The summed E-state index contributed by atoms with van der Waals surface area (Å²) in [7, 11) is 0. The van der Waals surface area contributed by atoms with Gasteiger partial charge in [-0.1, -0.05) is 0 Å². The van der Waals surface area contributed by atoms with Crippen LogP contribution < -0.4 is 4.74 Å². The Morgan fingerprint density at radius 2 is 1.96 bits per heavy atom. The van der Waals surface area contributed by atoms with Gasteiger partial charge in [0.15, 0.2) is 0 Å². The Balaban J connectivity index is 1.49. The van der Waals surface area contributed by atoms with Crippen LogP contribution in [0.25, 0.3) is 10.9 Å². The van der Waals surface area contributed by atoms with E-state index < -0.39 is 12.6 Å². The number of rotatable bonds is 5. The van der Waals surface area contributed by atoms with Crippen LogP contribution in [0.5, 0.6) is 5.75 Å². The second kappa shape index (κ2) is 6.29. The van der Waals surface area contributed by atoms with Gasteiger partial charge in [-0.3, -0.25) is 0 Å². The van der Waals surface area contributed by atoms with E-state index in [1.54, 1.807) is 12.3 Å². The van der Waals surface area contributed by atoms with Gasteiger partial charge in [-0.2, -0.15) is 8.78 Å². The molecule has 1 aromatic heterocycles. The highest BCUT2D eigenvalue weighted by Crippen LogP contribution is 2.40. The summed E-state index contributed by atoms with van der Waals surface area (Å²) in [6.45, 7) is 0.722. The van der Waals surface area contributed by atoms with Crippen LogP contribution in [0, 0.1) is 5.41 Å². The Hall–Kier alpha value is -2.15. The maximum absolute atomic E-state index is 12.5. The minimum Gasteiger partial charge on any atom is -0.461 e. The average molecular weight is 350 g/mol. The number of piperidine rings is 3. The van der Waals surface area contributed by atoms with E-state index in [2.05, 4.69) is 14.6 Å². The standard InChI is InChI=1S/C18H20F2N2O3/c19-17(20)25-12-1-2-15-13(9-12)14(10-21-15)16(23)24-11-18-3-6-22(7-4-18)8-5-18/h1-2,9-10,17,21H,3-8,11H2. The summed E-state index contributed by atoms with van der Waals surface area (Å²) in [6.07, 6.45) is 4.72. The predicted molar refractivity (Wildman–Crippen MR) is 87.9 cm³/mol. The van der Waals surface area contributed by atoms with Crippen molar-refractivity contribution in [1.82, 2.24) is 9.88 Å². The molecule has 3 saturated heterocycles. The molecule has 0 radical (unpaired) electrons. The maximum atomic E-state index is 12.5. The molecule has 2 aromatic rings. The number of esters is 1. The number of alkyl halides is 2. The molecule has 134 valence electrons. The molecule has 4 heterocycles. The number of halogens is 2. The van der Waals surface area contributed by atoms with E-state index in [9.17, 15) is 13.6 Å². The second-order valence-corrected chi connectivity index (χ2v) is 6.96. The monoisotopic (exact) mass is 350 g/mol. The Bertz CT molecular complexity index is 768. The van der Waals surface area contributed by atoms with Crippen molar-refractivity contribution in [3.63, 3.8) is 0 Å². The summed E-state index contributed by atoms with van der Waals surface area (Å²) < 4.78 is 34.8. The Kier molecular flexibility index (Phi) is 4.11. The molecule has 0 atom stereocenters. The summed E-state index contributed by atoms with van der Waals surface area (Å²) in [5, 5.41) is 0.527. The lowest BCUT2D eigenvalue weighted by Gasteiger charge is -2.47. The van der Waals surface area contributed by atoms with Crippen LogP contribution in [-0.4, -0.2) is 48.7 Å². The molecule has 0 aliphatic carbocycles. The molecular weight excluding hydrogens is 330 g/mol. The summed E-state index contributed by atoms with van der Waals surface area (Å²) in [5.74, 6) is -0.405. The number of H-pyrrole nitrogens is 1. The first-order valence-corrected chi connectivity index (χ1v) is 8.50. The van der Waals surface area contributed by atoms with Crippen LogP contribution in [0.2, 0.25) is 0 Å². The lowest BCUT2D eigenvalue weighted by molar-refractivity contribution is -0.0497. The van der Waals surface area contributed by atoms with Crippen molar-refractivity contribution in [2.24, 2.45) is 5.41 Å². The van der Waals surface area contributed by atoms with Gasteiger partial charge in [0.05, 0.1) is 12.2 Å². The van der Waals surface area contributed by atoms with Crippen molar-refractivity contribution in [2.45, 2.75) is 25.9 Å². The normalized spacial score (nSPS) is 25.5. The molecule has 7 heteroatoms. The molecule has 3 fully saturated rings. The highest BCUT2D eigenvalue weighted by Gasteiger charge is 2.40. The lowest BCUT2D eigenvalue weighted by Crippen LogP contribution is -2.50. The Labute approximate surface area is 143 Å². The molecular formula is C18H20F2N2O3. The molecule has 1 N–H and O–H groups in total. The largest absolute Gasteiger partial charge is 0.461 e. The predicted octanol–water partition coefficient (Wildman–Crippen LogP) is 3.41. The van der Waals surface area contributed by atoms with Crippen molar-refractivity contribution >= 4 is 16.9 Å². The molecule has 0 unspecified atom stereocenters. The first-order chi connectivity index (χ1) is 12.0. The zero-order chi connectivity index (χ0) is 17.4. The highest BCUT2D eigenvalue weighted by atomic mass is 19.3. The molecule has 3 aliphatic rings. The molecule has 2 bridgehead atoms. The van der Waals surface area contributed by atoms with E-state index in [1.165, 1.54) is 12.1 Å². The number of hydrogen-bond acceptors (Lipinski definition) is 4. The number of nitrogens with zero attached hydrogens (tertiary/aromatic N) is 1. The molecule has 5 rings (SSSR count). The van der Waals surface area contributed by atoms with E-state index in [-0.39, 0.29) is 11.2 Å². The van der Waals surface area contributed by atoms with Gasteiger partial charge >= 0.3 is 12.6 Å². The number of nitrogens with one attached hydrogen (secondary N) is 1. The Morgan fingerprint density at radius 1 is 1.24 bits per heavy atom. The smallest absolute Gasteiger partial charge is 0.387 e. The van der Waals surface area contributed by atoms with E-state index in [1.807, 2.05) is 0 Å². The number of carbonyl (C=O) groups is 1. The van der Waals surface area contributed by atoms with Gasteiger partial charge in [-0.15, -0.1) is 0 Å². The highest BCUT2D eigenvalue weighted by molar-refractivity contribution is 6.04. The summed E-state index contributed by atoms with van der Waals surface area (Å²) in [6, 6.07) is 4.49. The van der Waals surface area contributed by atoms with Crippen LogP contribution in [0.1, 0.15) is 29.6 Å². The number of aromatic nitrogens is 1. The van der Waals surface area contributed by atoms with Gasteiger partial charge in [0.1, 0.15) is 5.75 Å². The zero-order valence-electron chi connectivity index (χ0n) is 13.8. The minimum atomic E-state index is -2.90. The number of carbonyl (C=O) groups excluding carboxylic acids is 1. The van der Waals surface area contributed by atoms with Crippen LogP contribution in [0.15, 0.2) is 24.4 Å². The van der Waals surface area contributed by atoms with Gasteiger partial charge in [-0.25, -0.2) is 4.79 Å². The van der Waals surface area contributed by atoms with E-state index >= 15 is 0 Å². The van der Waals surface area contributed by atoms with Crippen molar-refractivity contribution in [3.05, 3.63) is 30.0 Å². The Morgan fingerprint density at radius 3 is 2.64 bits per heavy atom. The number of aromatic amines is 1. The van der Waals surface area contributed by atoms with Gasteiger partial charge in [0, 0.05) is 22.5 Å². The zero-order valence-corrected chi connectivity index (χ0v) is 13.8. The van der Waals surface area contributed by atoms with E-state index in [0.717, 1.165) is 38.9 Å². The van der Waals surface area contributed by atoms with Crippen molar-refractivity contribution < 1.29 is 23.0 Å². The SMILES string of the molecule is O=C(OCC12CCN(CC1)CC2)c1c[nH]c2ccc(OC(F)F)cc12. The van der Waals surface area contributed by atoms with Gasteiger partial charge in [0.25, 0.3) is 0 Å². The number of hydrogen-bond donors (Lipinski definition) is 1. The molecule has 3 aliphatic heterocycles. The molecule has 0 spiro atoms. The molecule has 0 amide bonds. The van der Waals surface area contributed by atoms with Crippen LogP contribution >= 0.6 is 0 Å². The fourth-order valence-electron chi connectivity index (χ4n) is 3.85. The van der Waals surface area contributed by atoms with Crippen LogP contribution in [-0.2, 0) is 4.74 Å². The third kappa shape index (κ3) is 3.20. The van der Waals surface area contributed by atoms with E-state index in [0.29, 0.717) is 23.1 Å². The fourth-order valence-corrected chi connectivity index (χ4v) is 3.85. The summed E-state index contributed by atoms with van der Waals surface area (Å²) in [4.78, 5) is 17.9. The molecule has 1 aromatic carbocycles. The third-order valence-electron chi connectivity index (χ3n) is 5.48. The van der Waals surface area contributed by atoms with Gasteiger partial charge in [-0.05, 0) is 57.1 Å². The molecule has 25 heavy (non-hydrogen) atoms. The number of benzene rings is 1. The lowest BCUT2D eigenvalue weighted by atomic mass is 9.73. The maximum Gasteiger partial charge on any atom is 0.387 e. The van der Waals surface area contributed by atoms with Gasteiger partial charge in [0.2, 0.25) is 0 Å². The summed E-state index contributed by atoms with van der Waals surface area (Å²) in [5.41, 5.74) is 1.12. The number of fused-ring (bicyclic) bond motifs is 4. The van der Waals surface area contributed by atoms with Crippen molar-refractivity contribution in [1.29, 1.82) is 0 Å². The second-order valence-electron chi connectivity index (χ2n) is 6.96. The fraction of sp³-hybridized carbons (Fsp3) is 0.500. The third-order valence-corrected chi connectivity index (χ3v) is 5.48.